The van der Waals surface area contributed by atoms with Crippen LogP contribution in [0.2, 0.25) is 0 Å². The Balaban J connectivity index is 1.66. The minimum Gasteiger partial charge on any atom is -0.384 e. The Morgan fingerprint density at radius 1 is 1.04 bits per heavy atom. The largest absolute Gasteiger partial charge is 0.384 e. The maximum atomic E-state index is 10.6. The summed E-state index contributed by atoms with van der Waals surface area (Å²) in [4.78, 5) is 6.88. The molecule has 0 saturated heterocycles. The molecule has 0 bridgehead atoms. The molecule has 1 aromatic heterocycles. The number of fused-ring (bicyclic) bond motifs is 1. The lowest BCUT2D eigenvalue weighted by molar-refractivity contribution is 0.219. The monoisotopic (exact) mass is 316 g/mol. The molecule has 0 amide bonds. The van der Waals surface area contributed by atoms with Crippen molar-refractivity contribution in [3.05, 3.63) is 89.1 Å². The molecule has 0 radical (unpaired) electrons. The molecule has 2 heterocycles. The molecule has 0 aliphatic carbocycles. The molecule has 0 unspecified atom stereocenters. The molecule has 0 fully saturated rings. The Bertz CT molecular complexity index is 861. The molecule has 1 aliphatic heterocycles. The van der Waals surface area contributed by atoms with Crippen molar-refractivity contribution >= 4 is 11.5 Å². The Kier molecular flexibility index (Phi) is 3.79. The van der Waals surface area contributed by atoms with Gasteiger partial charge in [-0.2, -0.15) is 0 Å². The minimum atomic E-state index is -0.640. The maximum Gasteiger partial charge on any atom is 0.133 e. The average Bonchev–Trinajstić information content (AvgIpc) is 3.06. The molecule has 2 aromatic carbocycles. The van der Waals surface area contributed by atoms with E-state index >= 15 is 0 Å². The standard InChI is InChI=1S/C21H20N2O/c1-15-13-20(23-12-11-16-7-5-6-10-19(16)23)22-14-18(15)21(24)17-8-3-2-4-9-17/h2-10,13-14,21,24H,11-12H2,1H3/t21-/m0/s1. The number of anilines is 2. The van der Waals surface area contributed by atoms with Gasteiger partial charge in [0.25, 0.3) is 0 Å². The van der Waals surface area contributed by atoms with E-state index < -0.39 is 6.10 Å². The number of para-hydroxylation sites is 1. The van der Waals surface area contributed by atoms with Crippen LogP contribution in [-0.4, -0.2) is 16.6 Å². The summed E-state index contributed by atoms with van der Waals surface area (Å²) in [5.41, 5.74) is 5.41. The van der Waals surface area contributed by atoms with Crippen LogP contribution in [0.5, 0.6) is 0 Å². The summed E-state index contributed by atoms with van der Waals surface area (Å²) in [6.07, 6.45) is 2.22. The molecular weight excluding hydrogens is 296 g/mol. The van der Waals surface area contributed by atoms with Crippen molar-refractivity contribution in [2.75, 3.05) is 11.4 Å². The fourth-order valence-electron chi connectivity index (χ4n) is 3.38. The fourth-order valence-corrected chi connectivity index (χ4v) is 3.38. The lowest BCUT2D eigenvalue weighted by Gasteiger charge is -2.21. The number of hydrogen-bond donors (Lipinski definition) is 1. The summed E-state index contributed by atoms with van der Waals surface area (Å²) in [5, 5.41) is 10.6. The van der Waals surface area contributed by atoms with Gasteiger partial charge in [-0.05, 0) is 42.2 Å². The van der Waals surface area contributed by atoms with Crippen LogP contribution in [0.3, 0.4) is 0 Å². The SMILES string of the molecule is Cc1cc(N2CCc3ccccc32)ncc1[C@@H](O)c1ccccc1. The summed E-state index contributed by atoms with van der Waals surface area (Å²) in [6.45, 7) is 2.99. The van der Waals surface area contributed by atoms with Gasteiger partial charge in [-0.1, -0.05) is 48.5 Å². The lowest BCUT2D eigenvalue weighted by atomic mass is 9.99. The number of pyridine rings is 1. The number of nitrogens with zero attached hydrogens (tertiary/aromatic N) is 2. The van der Waals surface area contributed by atoms with Crippen molar-refractivity contribution in [2.45, 2.75) is 19.4 Å². The molecular formula is C21H20N2O. The number of benzene rings is 2. The van der Waals surface area contributed by atoms with Crippen molar-refractivity contribution in [2.24, 2.45) is 0 Å². The Labute approximate surface area is 142 Å². The predicted octanol–water partition coefficient (Wildman–Crippen LogP) is 4.17. The summed E-state index contributed by atoms with van der Waals surface area (Å²) >= 11 is 0. The molecule has 120 valence electrons. The summed E-state index contributed by atoms with van der Waals surface area (Å²) < 4.78 is 0. The quantitative estimate of drug-likeness (QED) is 0.788. The van der Waals surface area contributed by atoms with Crippen LogP contribution in [0.15, 0.2) is 66.9 Å². The summed E-state index contributed by atoms with van der Waals surface area (Å²) in [7, 11) is 0. The third-order valence-corrected chi connectivity index (χ3v) is 4.71. The van der Waals surface area contributed by atoms with Gasteiger partial charge in [-0.3, -0.25) is 0 Å². The smallest absolute Gasteiger partial charge is 0.133 e. The zero-order chi connectivity index (χ0) is 16.5. The predicted molar refractivity (Wildman–Crippen MR) is 96.6 cm³/mol. The van der Waals surface area contributed by atoms with Gasteiger partial charge in [0.1, 0.15) is 11.9 Å². The van der Waals surface area contributed by atoms with Crippen molar-refractivity contribution in [3.8, 4) is 0 Å². The molecule has 1 N–H and O–H groups in total. The first-order chi connectivity index (χ1) is 11.7. The van der Waals surface area contributed by atoms with Crippen molar-refractivity contribution in [1.82, 2.24) is 4.98 Å². The minimum absolute atomic E-state index is 0.640. The second-order valence-corrected chi connectivity index (χ2v) is 6.24. The first kappa shape index (κ1) is 14.9. The van der Waals surface area contributed by atoms with Crippen molar-refractivity contribution in [3.63, 3.8) is 0 Å². The van der Waals surface area contributed by atoms with E-state index in [-0.39, 0.29) is 0 Å². The second kappa shape index (κ2) is 6.10. The van der Waals surface area contributed by atoms with Crippen LogP contribution in [0.1, 0.15) is 28.4 Å². The number of aliphatic hydroxyl groups excluding tert-OH is 1. The second-order valence-electron chi connectivity index (χ2n) is 6.24. The first-order valence-electron chi connectivity index (χ1n) is 8.29. The molecule has 0 saturated carbocycles. The number of rotatable bonds is 3. The van der Waals surface area contributed by atoms with Crippen LogP contribution in [0.4, 0.5) is 11.5 Å². The van der Waals surface area contributed by atoms with Gasteiger partial charge in [-0.25, -0.2) is 4.98 Å². The van der Waals surface area contributed by atoms with Gasteiger partial charge >= 0.3 is 0 Å². The Morgan fingerprint density at radius 3 is 2.58 bits per heavy atom. The van der Waals surface area contributed by atoms with E-state index in [1.807, 2.05) is 43.5 Å². The topological polar surface area (TPSA) is 36.4 Å². The van der Waals surface area contributed by atoms with Gasteiger partial charge in [0.2, 0.25) is 0 Å². The van der Waals surface area contributed by atoms with E-state index in [4.69, 9.17) is 0 Å². The van der Waals surface area contributed by atoms with Crippen LogP contribution in [0, 0.1) is 6.92 Å². The average molecular weight is 316 g/mol. The normalized spacial score (nSPS) is 14.5. The number of hydrogen-bond acceptors (Lipinski definition) is 3. The number of aromatic nitrogens is 1. The van der Waals surface area contributed by atoms with Gasteiger partial charge in [-0.15, -0.1) is 0 Å². The maximum absolute atomic E-state index is 10.6. The van der Waals surface area contributed by atoms with Gasteiger partial charge in [0, 0.05) is 24.0 Å². The Morgan fingerprint density at radius 2 is 1.79 bits per heavy atom. The Hall–Kier alpha value is -2.65. The van der Waals surface area contributed by atoms with Crippen molar-refractivity contribution < 1.29 is 5.11 Å². The molecule has 24 heavy (non-hydrogen) atoms. The molecule has 1 aliphatic rings. The highest BCUT2D eigenvalue weighted by molar-refractivity contribution is 5.68. The van der Waals surface area contributed by atoms with E-state index in [0.717, 1.165) is 35.5 Å². The third kappa shape index (κ3) is 2.57. The van der Waals surface area contributed by atoms with Gasteiger partial charge in [0.15, 0.2) is 0 Å². The lowest BCUT2D eigenvalue weighted by Crippen LogP contribution is -2.15. The highest BCUT2D eigenvalue weighted by Gasteiger charge is 2.22. The zero-order valence-corrected chi connectivity index (χ0v) is 13.7. The van der Waals surface area contributed by atoms with Crippen LogP contribution in [-0.2, 0) is 6.42 Å². The molecule has 3 nitrogen and oxygen atoms in total. The third-order valence-electron chi connectivity index (χ3n) is 4.71. The highest BCUT2D eigenvalue weighted by Crippen LogP contribution is 2.34. The van der Waals surface area contributed by atoms with Crippen LogP contribution in [0.25, 0.3) is 0 Å². The van der Waals surface area contributed by atoms with Gasteiger partial charge in [0.05, 0.1) is 0 Å². The molecule has 0 spiro atoms. The zero-order valence-electron chi connectivity index (χ0n) is 13.7. The number of aryl methyl sites for hydroxylation is 1. The van der Waals surface area contributed by atoms with E-state index in [1.165, 1.54) is 11.3 Å². The molecule has 1 atom stereocenters. The van der Waals surface area contributed by atoms with Gasteiger partial charge < -0.3 is 10.0 Å². The van der Waals surface area contributed by atoms with E-state index in [2.05, 4.69) is 40.2 Å². The molecule has 4 rings (SSSR count). The first-order valence-corrected chi connectivity index (χ1v) is 8.29. The van der Waals surface area contributed by atoms with Crippen LogP contribution < -0.4 is 4.90 Å². The summed E-state index contributed by atoms with van der Waals surface area (Å²) in [5.74, 6) is 0.946. The highest BCUT2D eigenvalue weighted by atomic mass is 16.3. The molecule has 3 aromatic rings. The van der Waals surface area contributed by atoms with E-state index in [1.54, 1.807) is 0 Å². The van der Waals surface area contributed by atoms with Crippen molar-refractivity contribution in [1.29, 1.82) is 0 Å². The molecule has 3 heteroatoms. The number of aliphatic hydroxyl groups is 1. The van der Waals surface area contributed by atoms with E-state index in [9.17, 15) is 5.11 Å². The fraction of sp³-hybridized carbons (Fsp3) is 0.190. The van der Waals surface area contributed by atoms with Crippen LogP contribution >= 0.6 is 0 Å². The van der Waals surface area contributed by atoms with E-state index in [0.29, 0.717) is 0 Å². The summed E-state index contributed by atoms with van der Waals surface area (Å²) in [6, 6.07) is 20.3.